The van der Waals surface area contributed by atoms with Crippen LogP contribution in [0.5, 0.6) is 0 Å². The molecule has 1 saturated carbocycles. The summed E-state index contributed by atoms with van der Waals surface area (Å²) in [7, 11) is 0. The van der Waals surface area contributed by atoms with Crippen LogP contribution in [0.4, 0.5) is 0 Å². The second kappa shape index (κ2) is 3.36. The first-order chi connectivity index (χ1) is 6.18. The first-order valence-corrected chi connectivity index (χ1v) is 5.08. The van der Waals surface area contributed by atoms with E-state index < -0.39 is 0 Å². The zero-order valence-corrected chi connectivity index (χ0v) is 8.70. The van der Waals surface area contributed by atoms with Crippen molar-refractivity contribution in [1.82, 2.24) is 0 Å². The smallest absolute Gasteiger partial charge is 0.0495 e. The molecule has 13 heavy (non-hydrogen) atoms. The minimum atomic E-state index is 0.652. The maximum Gasteiger partial charge on any atom is 0.0495 e. The van der Waals surface area contributed by atoms with Crippen molar-refractivity contribution < 1.29 is 0 Å². The monoisotopic (exact) mass is 212 g/mol. The lowest BCUT2D eigenvalue weighted by atomic mass is 10.0. The zero-order valence-electron chi connectivity index (χ0n) is 7.19. The van der Waals surface area contributed by atoms with Gasteiger partial charge in [-0.05, 0) is 42.0 Å². The third-order valence-electron chi connectivity index (χ3n) is 2.35. The number of halogens is 2. The Kier molecular flexibility index (Phi) is 2.35. The summed E-state index contributed by atoms with van der Waals surface area (Å²) < 4.78 is 0. The first-order valence-electron chi connectivity index (χ1n) is 4.32. The van der Waals surface area contributed by atoms with E-state index in [2.05, 4.69) is 6.58 Å². The van der Waals surface area contributed by atoms with E-state index in [1.54, 1.807) is 6.07 Å². The first kappa shape index (κ1) is 9.11. The lowest BCUT2D eigenvalue weighted by Crippen LogP contribution is -1.85. The largest absolute Gasteiger partial charge is 0.0949 e. The number of hydrogen-bond donors (Lipinski definition) is 0. The molecule has 0 bridgehead atoms. The molecule has 0 unspecified atom stereocenters. The van der Waals surface area contributed by atoms with Gasteiger partial charge in [0.05, 0.1) is 0 Å². The molecule has 1 aliphatic carbocycles. The molecule has 2 rings (SSSR count). The van der Waals surface area contributed by atoms with Crippen molar-refractivity contribution >= 4 is 28.8 Å². The van der Waals surface area contributed by atoms with Crippen LogP contribution in [-0.2, 0) is 0 Å². The Morgan fingerprint density at radius 3 is 2.54 bits per heavy atom. The van der Waals surface area contributed by atoms with Crippen molar-refractivity contribution in [2.24, 2.45) is 5.92 Å². The van der Waals surface area contributed by atoms with E-state index in [-0.39, 0.29) is 0 Å². The van der Waals surface area contributed by atoms with Gasteiger partial charge in [-0.15, -0.1) is 0 Å². The van der Waals surface area contributed by atoms with E-state index in [0.717, 1.165) is 11.1 Å². The molecule has 0 spiro atoms. The highest BCUT2D eigenvalue weighted by Gasteiger charge is 2.26. The minimum Gasteiger partial charge on any atom is -0.0949 e. The fourth-order valence-electron chi connectivity index (χ4n) is 1.40. The number of benzene rings is 1. The van der Waals surface area contributed by atoms with Crippen LogP contribution in [0.3, 0.4) is 0 Å². The quantitative estimate of drug-likeness (QED) is 0.682. The average Bonchev–Trinajstić information content (AvgIpc) is 2.85. The third-order valence-corrected chi connectivity index (χ3v) is 2.90. The predicted molar refractivity (Wildman–Crippen MR) is 58.2 cm³/mol. The van der Waals surface area contributed by atoms with Gasteiger partial charge >= 0.3 is 0 Å². The van der Waals surface area contributed by atoms with Gasteiger partial charge in [0.15, 0.2) is 0 Å². The predicted octanol–water partition coefficient (Wildman–Crippen LogP) is 4.42. The summed E-state index contributed by atoms with van der Waals surface area (Å²) in [6, 6.07) is 5.58. The molecule has 0 heterocycles. The van der Waals surface area contributed by atoms with Crippen molar-refractivity contribution in [3.05, 3.63) is 40.4 Å². The van der Waals surface area contributed by atoms with Crippen LogP contribution in [0.2, 0.25) is 10.0 Å². The van der Waals surface area contributed by atoms with E-state index in [1.165, 1.54) is 12.8 Å². The third kappa shape index (κ3) is 1.90. The molecule has 2 heteroatoms. The van der Waals surface area contributed by atoms with Gasteiger partial charge in [-0.2, -0.15) is 0 Å². The van der Waals surface area contributed by atoms with Crippen LogP contribution in [0, 0.1) is 5.92 Å². The molecule has 0 nitrogen and oxygen atoms in total. The number of hydrogen-bond acceptors (Lipinski definition) is 0. The molecule has 68 valence electrons. The topological polar surface area (TPSA) is 0 Å². The Morgan fingerprint density at radius 1 is 1.31 bits per heavy atom. The molecule has 0 amide bonds. The summed E-state index contributed by atoms with van der Waals surface area (Å²) in [6.07, 6.45) is 2.50. The van der Waals surface area contributed by atoms with Gasteiger partial charge in [0, 0.05) is 10.0 Å². The lowest BCUT2D eigenvalue weighted by Gasteiger charge is -2.06. The van der Waals surface area contributed by atoms with E-state index in [9.17, 15) is 0 Å². The molecule has 0 saturated heterocycles. The summed E-state index contributed by atoms with van der Waals surface area (Å²) in [5.41, 5.74) is 2.20. The van der Waals surface area contributed by atoms with Gasteiger partial charge in [0.25, 0.3) is 0 Å². The highest BCUT2D eigenvalue weighted by atomic mass is 35.5. The van der Waals surface area contributed by atoms with Crippen LogP contribution in [0.15, 0.2) is 24.8 Å². The lowest BCUT2D eigenvalue weighted by molar-refractivity contribution is 1.15. The van der Waals surface area contributed by atoms with Crippen molar-refractivity contribution in [3.8, 4) is 0 Å². The molecule has 0 radical (unpaired) electrons. The standard InChI is InChI=1S/C11H10Cl2/c1-7(8-2-3-8)10-5-4-9(12)6-11(10)13/h4-6,8H,1-3H2. The number of allylic oxidation sites excluding steroid dienone is 1. The summed E-state index contributed by atoms with van der Waals surface area (Å²) in [4.78, 5) is 0. The molecular weight excluding hydrogens is 203 g/mol. The Hall–Kier alpha value is -0.460. The van der Waals surface area contributed by atoms with Gasteiger partial charge < -0.3 is 0 Å². The van der Waals surface area contributed by atoms with E-state index in [4.69, 9.17) is 23.2 Å². The maximum absolute atomic E-state index is 6.05. The second-order valence-corrected chi connectivity index (χ2v) is 4.27. The summed E-state index contributed by atoms with van der Waals surface area (Å²) in [6.45, 7) is 4.05. The number of rotatable bonds is 2. The normalized spacial score (nSPS) is 15.8. The van der Waals surface area contributed by atoms with E-state index in [0.29, 0.717) is 16.0 Å². The molecule has 0 aliphatic heterocycles. The highest BCUT2D eigenvalue weighted by molar-refractivity contribution is 6.35. The van der Waals surface area contributed by atoms with Crippen molar-refractivity contribution in [2.45, 2.75) is 12.8 Å². The molecule has 0 N–H and O–H groups in total. The van der Waals surface area contributed by atoms with E-state index >= 15 is 0 Å². The van der Waals surface area contributed by atoms with Crippen LogP contribution in [0.25, 0.3) is 5.57 Å². The fourth-order valence-corrected chi connectivity index (χ4v) is 1.93. The zero-order chi connectivity index (χ0) is 9.42. The van der Waals surface area contributed by atoms with Gasteiger partial charge in [-0.1, -0.05) is 35.8 Å². The summed E-state index contributed by atoms with van der Waals surface area (Å²) in [5, 5.41) is 1.39. The second-order valence-electron chi connectivity index (χ2n) is 3.42. The van der Waals surface area contributed by atoms with Crippen LogP contribution >= 0.6 is 23.2 Å². The Bertz CT molecular complexity index is 351. The van der Waals surface area contributed by atoms with Gasteiger partial charge in [0.2, 0.25) is 0 Å². The highest BCUT2D eigenvalue weighted by Crippen LogP contribution is 2.42. The molecular formula is C11H10Cl2. The van der Waals surface area contributed by atoms with Crippen LogP contribution in [-0.4, -0.2) is 0 Å². The van der Waals surface area contributed by atoms with Crippen molar-refractivity contribution in [3.63, 3.8) is 0 Å². The Morgan fingerprint density at radius 2 is 2.00 bits per heavy atom. The Labute approximate surface area is 88.2 Å². The molecule has 1 aromatic carbocycles. The summed E-state index contributed by atoms with van der Waals surface area (Å²) >= 11 is 11.9. The molecule has 1 aliphatic rings. The molecule has 1 fully saturated rings. The van der Waals surface area contributed by atoms with Gasteiger partial charge in [0.1, 0.15) is 0 Å². The fraction of sp³-hybridized carbons (Fsp3) is 0.273. The van der Waals surface area contributed by atoms with Crippen LogP contribution < -0.4 is 0 Å². The van der Waals surface area contributed by atoms with E-state index in [1.807, 2.05) is 12.1 Å². The molecule has 0 aromatic heterocycles. The van der Waals surface area contributed by atoms with Crippen molar-refractivity contribution in [1.29, 1.82) is 0 Å². The molecule has 0 atom stereocenters. The van der Waals surface area contributed by atoms with Crippen molar-refractivity contribution in [2.75, 3.05) is 0 Å². The minimum absolute atomic E-state index is 0.652. The maximum atomic E-state index is 6.05. The average molecular weight is 213 g/mol. The van der Waals surface area contributed by atoms with Gasteiger partial charge in [-0.25, -0.2) is 0 Å². The SMILES string of the molecule is C=C(c1ccc(Cl)cc1Cl)C1CC1. The summed E-state index contributed by atoms with van der Waals surface area (Å²) in [5.74, 6) is 0.652. The Balaban J connectivity index is 2.33. The molecule has 1 aromatic rings. The van der Waals surface area contributed by atoms with Gasteiger partial charge in [-0.3, -0.25) is 0 Å². The van der Waals surface area contributed by atoms with Crippen LogP contribution in [0.1, 0.15) is 18.4 Å².